The van der Waals surface area contributed by atoms with E-state index in [4.69, 9.17) is 4.74 Å². The molecule has 1 atom stereocenters. The Labute approximate surface area is 159 Å². The van der Waals surface area contributed by atoms with Crippen molar-refractivity contribution < 1.29 is 17.9 Å². The third kappa shape index (κ3) is 2.86. The molecule has 142 valence electrons. The molecular formula is C20H22N2O4S. The van der Waals surface area contributed by atoms with Crippen molar-refractivity contribution in [3.63, 3.8) is 0 Å². The summed E-state index contributed by atoms with van der Waals surface area (Å²) in [6.07, 6.45) is 1.73. The number of anilines is 2. The molecule has 0 fully saturated rings. The number of rotatable bonds is 4. The van der Waals surface area contributed by atoms with Gasteiger partial charge < -0.3 is 9.64 Å². The Kier molecular flexibility index (Phi) is 4.14. The van der Waals surface area contributed by atoms with Gasteiger partial charge in [-0.2, -0.15) is 0 Å². The van der Waals surface area contributed by atoms with Gasteiger partial charge in [0.25, 0.3) is 10.0 Å². The molecule has 7 heteroatoms. The van der Waals surface area contributed by atoms with Crippen LogP contribution in [-0.2, 0) is 21.2 Å². The second-order valence-electron chi connectivity index (χ2n) is 7.13. The molecule has 0 aliphatic carbocycles. The van der Waals surface area contributed by atoms with Crippen LogP contribution >= 0.6 is 0 Å². The highest BCUT2D eigenvalue weighted by atomic mass is 32.2. The normalized spacial score (nSPS) is 18.4. The van der Waals surface area contributed by atoms with E-state index in [1.807, 2.05) is 17.9 Å². The minimum Gasteiger partial charge on any atom is -0.496 e. The van der Waals surface area contributed by atoms with E-state index in [2.05, 4.69) is 4.72 Å². The predicted octanol–water partition coefficient (Wildman–Crippen LogP) is 3.20. The third-order valence-corrected chi connectivity index (χ3v) is 6.73. The number of carbonyl (C=O) groups is 1. The molecule has 1 amide bonds. The van der Waals surface area contributed by atoms with Gasteiger partial charge >= 0.3 is 0 Å². The van der Waals surface area contributed by atoms with Crippen LogP contribution in [0.2, 0.25) is 0 Å². The van der Waals surface area contributed by atoms with Gasteiger partial charge in [-0.25, -0.2) is 8.42 Å². The molecule has 6 nitrogen and oxygen atoms in total. The fourth-order valence-electron chi connectivity index (χ4n) is 3.99. The summed E-state index contributed by atoms with van der Waals surface area (Å²) < 4.78 is 33.6. The number of methoxy groups -OCH3 is 1. The first-order valence-electron chi connectivity index (χ1n) is 8.97. The Morgan fingerprint density at radius 3 is 2.70 bits per heavy atom. The molecule has 1 N–H and O–H groups in total. The second-order valence-corrected chi connectivity index (χ2v) is 8.81. The fraction of sp³-hybridized carbons (Fsp3) is 0.350. The van der Waals surface area contributed by atoms with Crippen LogP contribution in [0.25, 0.3) is 0 Å². The molecule has 2 aliphatic rings. The third-order valence-electron chi connectivity index (χ3n) is 5.35. The maximum Gasteiger partial charge on any atom is 0.261 e. The van der Waals surface area contributed by atoms with Crippen molar-refractivity contribution in [2.75, 3.05) is 23.3 Å². The van der Waals surface area contributed by atoms with Crippen LogP contribution in [0, 0.1) is 6.92 Å². The predicted molar refractivity (Wildman–Crippen MR) is 104 cm³/mol. The summed E-state index contributed by atoms with van der Waals surface area (Å²) in [6.45, 7) is 4.42. The molecule has 0 unspecified atom stereocenters. The molecule has 0 radical (unpaired) electrons. The van der Waals surface area contributed by atoms with Crippen molar-refractivity contribution in [3.05, 3.63) is 47.0 Å². The molecule has 0 spiro atoms. The molecular weight excluding hydrogens is 364 g/mol. The maximum atomic E-state index is 12.8. The zero-order valence-electron chi connectivity index (χ0n) is 15.6. The summed E-state index contributed by atoms with van der Waals surface area (Å²) in [5.74, 6) is 0.490. The number of hydrogen-bond acceptors (Lipinski definition) is 4. The van der Waals surface area contributed by atoms with E-state index in [1.165, 1.54) is 6.07 Å². The number of ether oxygens (including phenoxy) is 1. The van der Waals surface area contributed by atoms with E-state index in [0.29, 0.717) is 11.4 Å². The highest BCUT2D eigenvalue weighted by Gasteiger charge is 2.38. The van der Waals surface area contributed by atoms with Crippen LogP contribution in [-0.4, -0.2) is 28.0 Å². The summed E-state index contributed by atoms with van der Waals surface area (Å²) in [4.78, 5) is 14.5. The van der Waals surface area contributed by atoms with Crippen LogP contribution in [0.15, 0.2) is 35.2 Å². The zero-order chi connectivity index (χ0) is 19.3. The standard InChI is InChI=1S/C20H22N2O4S/c1-12-9-16(6-7-18(12)26-3)27(24,25)21-15-10-14-5-4-8-22-19(14)17(11-15)13(2)20(22)23/h6-7,9-11,13,21H,4-5,8H2,1-3H3/t13-/m0/s1. The van der Waals surface area contributed by atoms with E-state index in [9.17, 15) is 13.2 Å². The van der Waals surface area contributed by atoms with Gasteiger partial charge in [-0.05, 0) is 73.7 Å². The molecule has 2 aliphatic heterocycles. The Morgan fingerprint density at radius 2 is 2.00 bits per heavy atom. The van der Waals surface area contributed by atoms with Crippen LogP contribution < -0.4 is 14.4 Å². The SMILES string of the molecule is COc1ccc(S(=O)(=O)Nc2cc3c4c(c2)[C@H](C)C(=O)N4CCC3)cc1C. The number of nitrogens with one attached hydrogen (secondary N) is 1. The Balaban J connectivity index is 1.71. The lowest BCUT2D eigenvalue weighted by atomic mass is 9.96. The van der Waals surface area contributed by atoms with E-state index in [1.54, 1.807) is 32.2 Å². The van der Waals surface area contributed by atoms with Gasteiger partial charge in [0.15, 0.2) is 0 Å². The van der Waals surface area contributed by atoms with Gasteiger partial charge in [-0.1, -0.05) is 0 Å². The van der Waals surface area contributed by atoms with Crippen molar-refractivity contribution in [2.24, 2.45) is 0 Å². The van der Waals surface area contributed by atoms with Gasteiger partial charge in [0, 0.05) is 12.2 Å². The van der Waals surface area contributed by atoms with E-state index < -0.39 is 10.0 Å². The monoisotopic (exact) mass is 386 g/mol. The van der Waals surface area contributed by atoms with Crippen molar-refractivity contribution in [1.82, 2.24) is 0 Å². The Morgan fingerprint density at radius 1 is 1.22 bits per heavy atom. The van der Waals surface area contributed by atoms with Crippen LogP contribution in [0.1, 0.15) is 36.0 Å². The number of amides is 1. The highest BCUT2D eigenvalue weighted by molar-refractivity contribution is 7.92. The Hall–Kier alpha value is -2.54. The number of hydrogen-bond donors (Lipinski definition) is 1. The van der Waals surface area contributed by atoms with Crippen molar-refractivity contribution in [1.29, 1.82) is 0 Å². The molecule has 27 heavy (non-hydrogen) atoms. The quantitative estimate of drug-likeness (QED) is 0.876. The van der Waals surface area contributed by atoms with Crippen LogP contribution in [0.4, 0.5) is 11.4 Å². The van der Waals surface area contributed by atoms with Crippen molar-refractivity contribution >= 4 is 27.3 Å². The second kappa shape index (κ2) is 6.27. The summed E-state index contributed by atoms with van der Waals surface area (Å²) in [7, 11) is -2.18. The smallest absolute Gasteiger partial charge is 0.261 e. The fourth-order valence-corrected chi connectivity index (χ4v) is 5.11. The van der Waals surface area contributed by atoms with Gasteiger partial charge in [-0.3, -0.25) is 9.52 Å². The molecule has 0 saturated carbocycles. The zero-order valence-corrected chi connectivity index (χ0v) is 16.4. The molecule has 2 heterocycles. The van der Waals surface area contributed by atoms with Gasteiger partial charge in [0.2, 0.25) is 5.91 Å². The first-order valence-corrected chi connectivity index (χ1v) is 10.5. The summed E-state index contributed by atoms with van der Waals surface area (Å²) >= 11 is 0. The number of benzene rings is 2. The minimum absolute atomic E-state index is 0.0942. The van der Waals surface area contributed by atoms with E-state index in [-0.39, 0.29) is 16.7 Å². The topological polar surface area (TPSA) is 75.7 Å². The summed E-state index contributed by atoms with van der Waals surface area (Å²) in [6, 6.07) is 8.41. The minimum atomic E-state index is -3.73. The lowest BCUT2D eigenvalue weighted by molar-refractivity contribution is -0.119. The largest absolute Gasteiger partial charge is 0.496 e. The van der Waals surface area contributed by atoms with Gasteiger partial charge in [-0.15, -0.1) is 0 Å². The number of carbonyl (C=O) groups excluding carboxylic acids is 1. The molecule has 0 saturated heterocycles. The van der Waals surface area contributed by atoms with E-state index in [0.717, 1.165) is 41.8 Å². The number of aryl methyl sites for hydroxylation is 2. The average Bonchev–Trinajstić information content (AvgIpc) is 2.88. The lowest BCUT2D eigenvalue weighted by Gasteiger charge is -2.26. The lowest BCUT2D eigenvalue weighted by Crippen LogP contribution is -2.32. The average molecular weight is 386 g/mol. The van der Waals surface area contributed by atoms with Crippen LogP contribution in [0.3, 0.4) is 0 Å². The molecule has 2 aromatic rings. The molecule has 0 aromatic heterocycles. The Bertz CT molecular complexity index is 1050. The summed E-state index contributed by atoms with van der Waals surface area (Å²) in [5, 5.41) is 0. The van der Waals surface area contributed by atoms with Crippen LogP contribution in [0.5, 0.6) is 5.75 Å². The molecule has 0 bridgehead atoms. The van der Waals surface area contributed by atoms with E-state index >= 15 is 0 Å². The molecule has 2 aromatic carbocycles. The number of nitrogens with zero attached hydrogens (tertiary/aromatic N) is 1. The summed E-state index contributed by atoms with van der Waals surface area (Å²) in [5.41, 5.74) is 4.16. The highest BCUT2D eigenvalue weighted by Crippen LogP contribution is 2.44. The van der Waals surface area contributed by atoms with Gasteiger partial charge in [0.1, 0.15) is 5.75 Å². The first kappa shape index (κ1) is 17.9. The van der Waals surface area contributed by atoms with Crippen molar-refractivity contribution in [2.45, 2.75) is 37.5 Å². The first-order chi connectivity index (χ1) is 12.8. The van der Waals surface area contributed by atoms with Crippen molar-refractivity contribution in [3.8, 4) is 5.75 Å². The number of sulfonamides is 1. The van der Waals surface area contributed by atoms with Gasteiger partial charge in [0.05, 0.1) is 23.6 Å². The molecule has 4 rings (SSSR count). The maximum absolute atomic E-state index is 12.8.